The van der Waals surface area contributed by atoms with Gasteiger partial charge in [-0.15, -0.1) is 0 Å². The second-order valence-electron chi connectivity index (χ2n) is 7.91. The average Bonchev–Trinajstić information content (AvgIpc) is 2.65. The van der Waals surface area contributed by atoms with Gasteiger partial charge in [0.25, 0.3) is 10.9 Å². The van der Waals surface area contributed by atoms with E-state index in [1.807, 2.05) is 11.8 Å². The largest absolute Gasteiger partial charge is 0.466 e. The van der Waals surface area contributed by atoms with Crippen LogP contribution in [0.15, 0.2) is 9.59 Å². The van der Waals surface area contributed by atoms with Crippen LogP contribution in [0.2, 0.25) is 0 Å². The highest BCUT2D eigenvalue weighted by Gasteiger charge is 2.34. The molecule has 6 heteroatoms. The van der Waals surface area contributed by atoms with Crippen molar-refractivity contribution in [3.63, 3.8) is 0 Å². The molecule has 2 fully saturated rings. The molecule has 6 nitrogen and oxygen atoms in total. The smallest absolute Gasteiger partial charge is 0.309 e. The quantitative estimate of drug-likeness (QED) is 0.640. The molecule has 2 aliphatic rings. The summed E-state index contributed by atoms with van der Waals surface area (Å²) in [5, 5.41) is 3.39. The van der Waals surface area contributed by atoms with E-state index in [2.05, 4.69) is 19.2 Å². The number of piperidine rings is 1. The van der Waals surface area contributed by atoms with Crippen molar-refractivity contribution in [2.75, 3.05) is 29.9 Å². The minimum atomic E-state index is -0.391. The Labute approximate surface area is 154 Å². The van der Waals surface area contributed by atoms with Gasteiger partial charge in [-0.05, 0) is 38.0 Å². The van der Waals surface area contributed by atoms with Crippen molar-refractivity contribution in [1.29, 1.82) is 0 Å². The van der Waals surface area contributed by atoms with E-state index in [0.717, 1.165) is 12.8 Å². The Morgan fingerprint density at radius 2 is 1.81 bits per heavy atom. The van der Waals surface area contributed by atoms with Gasteiger partial charge in [0.2, 0.25) is 0 Å². The zero-order valence-corrected chi connectivity index (χ0v) is 16.0. The number of ether oxygens (including phenoxy) is 1. The first-order chi connectivity index (χ1) is 12.4. The Balaban J connectivity index is 1.67. The lowest BCUT2D eigenvalue weighted by Crippen LogP contribution is -2.48. The highest BCUT2D eigenvalue weighted by atomic mass is 16.5. The Morgan fingerprint density at radius 1 is 1.12 bits per heavy atom. The minimum Gasteiger partial charge on any atom is -0.466 e. The number of carbonyl (C=O) groups excluding carboxylic acids is 1. The fraction of sp³-hybridized carbons (Fsp3) is 0.750. The van der Waals surface area contributed by atoms with Crippen molar-refractivity contribution in [2.24, 2.45) is 17.8 Å². The summed E-state index contributed by atoms with van der Waals surface area (Å²) >= 11 is 0. The van der Waals surface area contributed by atoms with Crippen LogP contribution < -0.4 is 21.1 Å². The number of hydrogen-bond acceptors (Lipinski definition) is 6. The third kappa shape index (κ3) is 3.51. The molecule has 0 aromatic heterocycles. The molecule has 26 heavy (non-hydrogen) atoms. The molecule has 0 spiro atoms. The van der Waals surface area contributed by atoms with Crippen LogP contribution in [-0.4, -0.2) is 31.7 Å². The summed E-state index contributed by atoms with van der Waals surface area (Å²) in [6.45, 7) is 7.89. The standard InChI is InChI=1S/C20H30N2O4/c1-4-26-20(25)14-8-10-22(11-9-14)17-16(18(23)19(17)24)21-15-7-5-6-12(2)13(15)3/h12-15,21H,4-11H2,1-3H3/t12-,13+,15+/m0/s1. The van der Waals surface area contributed by atoms with Crippen LogP contribution in [0.1, 0.15) is 52.9 Å². The minimum absolute atomic E-state index is 0.103. The van der Waals surface area contributed by atoms with E-state index >= 15 is 0 Å². The molecule has 1 aromatic carbocycles. The number of esters is 1. The topological polar surface area (TPSA) is 75.7 Å². The first-order valence-electron chi connectivity index (χ1n) is 9.95. The molecule has 1 heterocycles. The maximum atomic E-state index is 12.2. The van der Waals surface area contributed by atoms with Crippen molar-refractivity contribution in [1.82, 2.24) is 0 Å². The average molecular weight is 362 g/mol. The Hall–Kier alpha value is -1.85. The highest BCUT2D eigenvalue weighted by Crippen LogP contribution is 2.34. The number of nitrogens with one attached hydrogen (secondary N) is 1. The molecule has 3 rings (SSSR count). The molecule has 1 aromatic rings. The van der Waals surface area contributed by atoms with Crippen LogP contribution in [0.3, 0.4) is 0 Å². The van der Waals surface area contributed by atoms with Gasteiger partial charge in [0.1, 0.15) is 11.4 Å². The number of hydrogen-bond donors (Lipinski definition) is 1. The van der Waals surface area contributed by atoms with E-state index in [4.69, 9.17) is 4.74 Å². The molecule has 0 amide bonds. The molecule has 1 N–H and O–H groups in total. The number of nitrogens with zero attached hydrogens (tertiary/aromatic N) is 1. The first-order valence-corrected chi connectivity index (χ1v) is 9.95. The van der Waals surface area contributed by atoms with Crippen molar-refractivity contribution in [3.8, 4) is 0 Å². The third-order valence-corrected chi connectivity index (χ3v) is 6.35. The van der Waals surface area contributed by atoms with Crippen molar-refractivity contribution < 1.29 is 9.53 Å². The predicted molar refractivity (Wildman–Crippen MR) is 103 cm³/mol. The fourth-order valence-electron chi connectivity index (χ4n) is 4.39. The number of anilines is 2. The predicted octanol–water partition coefficient (Wildman–Crippen LogP) is 2.30. The summed E-state index contributed by atoms with van der Waals surface area (Å²) in [5.74, 6) is 0.848. The second-order valence-corrected chi connectivity index (χ2v) is 7.91. The monoisotopic (exact) mass is 362 g/mol. The Kier molecular flexibility index (Phi) is 5.68. The zero-order valence-electron chi connectivity index (χ0n) is 16.0. The van der Waals surface area contributed by atoms with Gasteiger partial charge in [-0.3, -0.25) is 14.4 Å². The van der Waals surface area contributed by atoms with Gasteiger partial charge < -0.3 is 15.0 Å². The van der Waals surface area contributed by atoms with Crippen molar-refractivity contribution >= 4 is 17.3 Å². The first kappa shape index (κ1) is 18.9. The SMILES string of the molecule is CCOC(=O)C1CCN(c2c(N[C@@H]3CCC[C@H](C)[C@H]3C)c(=O)c2=O)CC1. The van der Waals surface area contributed by atoms with Gasteiger partial charge in [-0.25, -0.2) is 0 Å². The maximum absolute atomic E-state index is 12.2. The van der Waals surface area contributed by atoms with Crippen LogP contribution in [0.5, 0.6) is 0 Å². The molecule has 0 unspecified atom stereocenters. The molecular weight excluding hydrogens is 332 g/mol. The van der Waals surface area contributed by atoms with Crippen molar-refractivity contribution in [3.05, 3.63) is 20.4 Å². The molecule has 1 saturated heterocycles. The van der Waals surface area contributed by atoms with Crippen LogP contribution >= 0.6 is 0 Å². The van der Waals surface area contributed by atoms with Crippen LogP contribution in [0, 0.1) is 17.8 Å². The summed E-state index contributed by atoms with van der Waals surface area (Å²) in [6, 6.07) is 0.248. The van der Waals surface area contributed by atoms with Gasteiger partial charge >= 0.3 is 5.97 Å². The lowest BCUT2D eigenvalue weighted by atomic mass is 9.78. The van der Waals surface area contributed by atoms with Gasteiger partial charge in [0.05, 0.1) is 12.5 Å². The lowest BCUT2D eigenvalue weighted by molar-refractivity contribution is -0.148. The number of carbonyl (C=O) groups is 1. The summed E-state index contributed by atoms with van der Waals surface area (Å²) in [4.78, 5) is 38.2. The summed E-state index contributed by atoms with van der Waals surface area (Å²) in [7, 11) is 0. The molecule has 1 aliphatic carbocycles. The Bertz CT molecular complexity index is 714. The summed E-state index contributed by atoms with van der Waals surface area (Å²) in [5.41, 5.74) is 0.245. The molecule has 1 saturated carbocycles. The highest BCUT2D eigenvalue weighted by molar-refractivity contribution is 5.77. The zero-order chi connectivity index (χ0) is 18.8. The molecule has 144 valence electrons. The van der Waals surface area contributed by atoms with Crippen molar-refractivity contribution in [2.45, 2.75) is 58.9 Å². The normalized spacial score (nSPS) is 27.5. The third-order valence-electron chi connectivity index (χ3n) is 6.35. The second kappa shape index (κ2) is 7.80. The van der Waals surface area contributed by atoms with E-state index in [9.17, 15) is 14.4 Å². The lowest BCUT2D eigenvalue weighted by Gasteiger charge is -2.38. The van der Waals surface area contributed by atoms with Gasteiger partial charge in [0, 0.05) is 19.1 Å². The van der Waals surface area contributed by atoms with E-state index in [0.29, 0.717) is 55.7 Å². The molecule has 0 bridgehead atoms. The van der Waals surface area contributed by atoms with E-state index in [1.165, 1.54) is 6.42 Å². The van der Waals surface area contributed by atoms with Crippen LogP contribution in [-0.2, 0) is 9.53 Å². The van der Waals surface area contributed by atoms with Gasteiger partial charge in [0.15, 0.2) is 0 Å². The van der Waals surface area contributed by atoms with Crippen LogP contribution in [0.4, 0.5) is 11.4 Å². The maximum Gasteiger partial charge on any atom is 0.309 e. The van der Waals surface area contributed by atoms with Gasteiger partial charge in [-0.1, -0.05) is 26.7 Å². The summed E-state index contributed by atoms with van der Waals surface area (Å²) in [6.07, 6.45) is 4.73. The van der Waals surface area contributed by atoms with E-state index in [1.54, 1.807) is 0 Å². The number of rotatable bonds is 5. The molecular formula is C20H30N2O4. The molecule has 0 radical (unpaired) electrons. The Morgan fingerprint density at radius 3 is 2.46 bits per heavy atom. The van der Waals surface area contributed by atoms with Gasteiger partial charge in [-0.2, -0.15) is 0 Å². The molecule has 1 aliphatic heterocycles. The van der Waals surface area contributed by atoms with E-state index < -0.39 is 10.9 Å². The van der Waals surface area contributed by atoms with E-state index in [-0.39, 0.29) is 17.9 Å². The summed E-state index contributed by atoms with van der Waals surface area (Å²) < 4.78 is 5.10. The fourth-order valence-corrected chi connectivity index (χ4v) is 4.39. The van der Waals surface area contributed by atoms with Crippen LogP contribution in [0.25, 0.3) is 0 Å². The molecule has 3 atom stereocenters.